The number of anilines is 2. The van der Waals surface area contributed by atoms with Gasteiger partial charge in [0.15, 0.2) is 0 Å². The van der Waals surface area contributed by atoms with Crippen molar-refractivity contribution in [2.75, 3.05) is 5.32 Å². The summed E-state index contributed by atoms with van der Waals surface area (Å²) in [6, 6.07) is 10.1. The minimum atomic E-state index is -0.258. The van der Waals surface area contributed by atoms with Gasteiger partial charge in [-0.2, -0.15) is 0 Å². The van der Waals surface area contributed by atoms with Gasteiger partial charge in [-0.1, -0.05) is 45.9 Å². The highest BCUT2D eigenvalue weighted by molar-refractivity contribution is 5.92. The number of carbonyl (C=O) groups is 1. The van der Waals surface area contributed by atoms with Crippen LogP contribution in [-0.4, -0.2) is 20.9 Å². The van der Waals surface area contributed by atoms with Crippen molar-refractivity contribution in [3.63, 3.8) is 0 Å². The van der Waals surface area contributed by atoms with Gasteiger partial charge in [0.05, 0.1) is 12.4 Å². The maximum absolute atomic E-state index is 12.3. The van der Waals surface area contributed by atoms with Gasteiger partial charge in [0.25, 0.3) is 5.91 Å². The Morgan fingerprint density at radius 2 is 1.59 bits per heavy atom. The molecule has 0 bridgehead atoms. The first-order valence-electron chi connectivity index (χ1n) is 9.84. The third kappa shape index (κ3) is 5.16. The smallest absolute Gasteiger partial charge is 0.271 e. The third-order valence-electron chi connectivity index (χ3n) is 4.71. The first-order valence-corrected chi connectivity index (χ1v) is 9.84. The van der Waals surface area contributed by atoms with Gasteiger partial charge in [-0.05, 0) is 40.7 Å². The summed E-state index contributed by atoms with van der Waals surface area (Å²) < 4.78 is 0. The van der Waals surface area contributed by atoms with E-state index in [0.717, 1.165) is 11.3 Å². The monoisotopic (exact) mass is 389 g/mol. The molecule has 3 rings (SSSR count). The fraction of sp³-hybridized carbons (Fsp3) is 0.304. The highest BCUT2D eigenvalue weighted by Crippen LogP contribution is 2.33. The molecule has 0 saturated carbocycles. The Morgan fingerprint density at radius 3 is 2.14 bits per heavy atom. The molecule has 0 radical (unpaired) electrons. The van der Waals surface area contributed by atoms with Crippen molar-refractivity contribution >= 4 is 17.4 Å². The molecule has 0 unspecified atom stereocenters. The van der Waals surface area contributed by atoms with Crippen molar-refractivity contribution in [2.24, 2.45) is 0 Å². The summed E-state index contributed by atoms with van der Waals surface area (Å²) in [7, 11) is 0. The zero-order chi connectivity index (χ0) is 20.8. The number of pyridine rings is 1. The van der Waals surface area contributed by atoms with E-state index in [9.17, 15) is 4.79 Å². The Kier molecular flexibility index (Phi) is 6.54. The van der Waals surface area contributed by atoms with Crippen molar-refractivity contribution in [1.29, 1.82) is 0 Å². The molecule has 2 N–H and O–H groups in total. The SMILES string of the molecule is CC(C)c1cccc(C(C)C)c1Nc1cnc(C(=O)NCc2ccncc2)cn1. The molecule has 0 fully saturated rings. The molecule has 0 aliphatic heterocycles. The summed E-state index contributed by atoms with van der Waals surface area (Å²) in [5.74, 6) is 1.11. The number of nitrogens with zero attached hydrogens (tertiary/aromatic N) is 3. The van der Waals surface area contributed by atoms with Crippen LogP contribution in [0, 0.1) is 0 Å². The van der Waals surface area contributed by atoms with Gasteiger partial charge >= 0.3 is 0 Å². The van der Waals surface area contributed by atoms with Gasteiger partial charge in [0, 0.05) is 24.6 Å². The zero-order valence-corrected chi connectivity index (χ0v) is 17.3. The van der Waals surface area contributed by atoms with E-state index < -0.39 is 0 Å². The van der Waals surface area contributed by atoms with Gasteiger partial charge in [-0.25, -0.2) is 9.97 Å². The standard InChI is InChI=1S/C23H27N5O/c1-15(2)18-6-5-7-19(16(3)4)22(18)28-21-14-25-20(13-26-21)23(29)27-12-17-8-10-24-11-9-17/h5-11,13-16H,12H2,1-4H3,(H,26,28)(H,27,29). The number of benzene rings is 1. The molecule has 3 aromatic rings. The molecular formula is C23H27N5O. The summed E-state index contributed by atoms with van der Waals surface area (Å²) in [4.78, 5) is 25.0. The maximum Gasteiger partial charge on any atom is 0.271 e. The molecule has 2 heterocycles. The molecule has 1 amide bonds. The van der Waals surface area contributed by atoms with Crippen LogP contribution in [0.25, 0.3) is 0 Å². The average molecular weight is 390 g/mol. The van der Waals surface area contributed by atoms with E-state index in [1.165, 1.54) is 17.3 Å². The van der Waals surface area contributed by atoms with Crippen molar-refractivity contribution in [3.05, 3.63) is 77.5 Å². The number of hydrogen-bond acceptors (Lipinski definition) is 5. The number of carbonyl (C=O) groups excluding carboxylic acids is 1. The molecule has 6 nitrogen and oxygen atoms in total. The molecule has 0 saturated heterocycles. The van der Waals surface area contributed by atoms with Gasteiger partial charge in [-0.15, -0.1) is 0 Å². The highest BCUT2D eigenvalue weighted by atomic mass is 16.1. The minimum Gasteiger partial charge on any atom is -0.347 e. The Bertz CT molecular complexity index is 927. The Balaban J connectivity index is 1.73. The summed E-state index contributed by atoms with van der Waals surface area (Å²) >= 11 is 0. The van der Waals surface area contributed by atoms with Gasteiger partial charge in [-0.3, -0.25) is 9.78 Å². The van der Waals surface area contributed by atoms with Crippen molar-refractivity contribution < 1.29 is 4.79 Å². The van der Waals surface area contributed by atoms with E-state index in [0.29, 0.717) is 24.2 Å². The highest BCUT2D eigenvalue weighted by Gasteiger charge is 2.15. The Labute approximate surface area is 171 Å². The van der Waals surface area contributed by atoms with Gasteiger partial charge in [0.2, 0.25) is 0 Å². The molecule has 0 spiro atoms. The summed E-state index contributed by atoms with van der Waals surface area (Å²) in [6.07, 6.45) is 6.49. The molecule has 1 aromatic carbocycles. The lowest BCUT2D eigenvalue weighted by Crippen LogP contribution is -2.24. The molecule has 2 aromatic heterocycles. The van der Waals surface area contributed by atoms with Crippen LogP contribution >= 0.6 is 0 Å². The molecule has 29 heavy (non-hydrogen) atoms. The predicted molar refractivity (Wildman–Crippen MR) is 115 cm³/mol. The van der Waals surface area contributed by atoms with Crippen LogP contribution < -0.4 is 10.6 Å². The predicted octanol–water partition coefficient (Wildman–Crippen LogP) is 4.79. The van der Waals surface area contributed by atoms with Crippen LogP contribution in [-0.2, 0) is 6.54 Å². The lowest BCUT2D eigenvalue weighted by atomic mass is 9.92. The Morgan fingerprint density at radius 1 is 0.931 bits per heavy atom. The first kappa shape index (κ1) is 20.5. The summed E-state index contributed by atoms with van der Waals surface area (Å²) in [6.45, 7) is 9.11. The number of amides is 1. The fourth-order valence-corrected chi connectivity index (χ4v) is 3.11. The molecule has 0 aliphatic carbocycles. The lowest BCUT2D eigenvalue weighted by Gasteiger charge is -2.20. The van der Waals surface area contributed by atoms with E-state index in [1.807, 2.05) is 12.1 Å². The van der Waals surface area contributed by atoms with Crippen LogP contribution in [0.15, 0.2) is 55.1 Å². The van der Waals surface area contributed by atoms with Crippen LogP contribution in [0.1, 0.15) is 66.7 Å². The second-order valence-electron chi connectivity index (χ2n) is 7.57. The largest absolute Gasteiger partial charge is 0.347 e. The summed E-state index contributed by atoms with van der Waals surface area (Å²) in [5.41, 5.74) is 4.80. The second-order valence-corrected chi connectivity index (χ2v) is 7.57. The Hall–Kier alpha value is -3.28. The quantitative estimate of drug-likeness (QED) is 0.607. The van der Waals surface area contributed by atoms with E-state index in [1.54, 1.807) is 18.6 Å². The fourth-order valence-electron chi connectivity index (χ4n) is 3.11. The van der Waals surface area contributed by atoms with Crippen molar-refractivity contribution in [2.45, 2.75) is 46.1 Å². The molecule has 150 valence electrons. The molecule has 6 heteroatoms. The molecule has 0 aliphatic rings. The molecule has 0 atom stereocenters. The van der Waals surface area contributed by atoms with E-state index in [-0.39, 0.29) is 11.6 Å². The first-order chi connectivity index (χ1) is 14.0. The summed E-state index contributed by atoms with van der Waals surface area (Å²) in [5, 5.41) is 6.26. The van der Waals surface area contributed by atoms with E-state index in [4.69, 9.17) is 0 Å². The van der Waals surface area contributed by atoms with Crippen LogP contribution in [0.2, 0.25) is 0 Å². The minimum absolute atomic E-state index is 0.258. The van der Waals surface area contributed by atoms with Crippen LogP contribution in [0.4, 0.5) is 11.5 Å². The van der Waals surface area contributed by atoms with E-state index in [2.05, 4.69) is 71.5 Å². The number of rotatable bonds is 7. The maximum atomic E-state index is 12.3. The number of nitrogens with one attached hydrogen (secondary N) is 2. The average Bonchev–Trinajstić information content (AvgIpc) is 2.73. The molecular weight excluding hydrogens is 362 g/mol. The van der Waals surface area contributed by atoms with Gasteiger partial charge < -0.3 is 10.6 Å². The lowest BCUT2D eigenvalue weighted by molar-refractivity contribution is 0.0945. The number of hydrogen-bond donors (Lipinski definition) is 2. The number of para-hydroxylation sites is 1. The normalized spacial score (nSPS) is 11.0. The zero-order valence-electron chi connectivity index (χ0n) is 17.3. The van der Waals surface area contributed by atoms with Crippen molar-refractivity contribution in [1.82, 2.24) is 20.3 Å². The van der Waals surface area contributed by atoms with Crippen LogP contribution in [0.5, 0.6) is 0 Å². The van der Waals surface area contributed by atoms with Crippen LogP contribution in [0.3, 0.4) is 0 Å². The van der Waals surface area contributed by atoms with E-state index >= 15 is 0 Å². The third-order valence-corrected chi connectivity index (χ3v) is 4.71. The topological polar surface area (TPSA) is 79.8 Å². The number of aromatic nitrogens is 3. The van der Waals surface area contributed by atoms with Crippen molar-refractivity contribution in [3.8, 4) is 0 Å². The second kappa shape index (κ2) is 9.28. The van der Waals surface area contributed by atoms with Gasteiger partial charge in [0.1, 0.15) is 11.5 Å².